The fraction of sp³-hybridized carbons (Fsp3) is 0.231. The predicted octanol–water partition coefficient (Wildman–Crippen LogP) is 1.76. The van der Waals surface area contributed by atoms with E-state index in [1.807, 2.05) is 19.1 Å². The summed E-state index contributed by atoms with van der Waals surface area (Å²) in [6, 6.07) is 10.3. The van der Waals surface area contributed by atoms with Gasteiger partial charge in [0.1, 0.15) is 17.7 Å². The Labute approximate surface area is 220 Å². The van der Waals surface area contributed by atoms with Crippen molar-refractivity contribution >= 4 is 22.9 Å². The zero-order chi connectivity index (χ0) is 27.1. The maximum absolute atomic E-state index is 13.1. The number of nitrogens with zero attached hydrogens (tertiary/aromatic N) is 6. The number of hydrogen-bond acceptors (Lipinski definition) is 9. The lowest BCUT2D eigenvalue weighted by Gasteiger charge is -2.15. The summed E-state index contributed by atoms with van der Waals surface area (Å²) in [5, 5.41) is 20.1. The van der Waals surface area contributed by atoms with Gasteiger partial charge in [0.05, 0.1) is 11.6 Å². The van der Waals surface area contributed by atoms with Crippen molar-refractivity contribution in [1.29, 1.82) is 0 Å². The first-order chi connectivity index (χ1) is 18.9. The van der Waals surface area contributed by atoms with E-state index in [9.17, 15) is 14.4 Å². The first-order valence-corrected chi connectivity index (χ1v) is 12.2. The van der Waals surface area contributed by atoms with Gasteiger partial charge in [-0.3, -0.25) is 14.2 Å². The van der Waals surface area contributed by atoms with Crippen molar-refractivity contribution in [2.45, 2.75) is 32.4 Å². The summed E-state index contributed by atoms with van der Waals surface area (Å²) in [5.74, 6) is -0.774. The van der Waals surface area contributed by atoms with Gasteiger partial charge in [-0.2, -0.15) is 5.21 Å². The molecule has 0 saturated heterocycles. The highest BCUT2D eigenvalue weighted by atomic mass is 16.4. The number of carbonyl (C=O) groups excluding carboxylic acids is 2. The lowest BCUT2D eigenvalue weighted by Crippen LogP contribution is -2.29. The van der Waals surface area contributed by atoms with Crippen LogP contribution in [-0.2, 0) is 20.0 Å². The van der Waals surface area contributed by atoms with Crippen LogP contribution >= 0.6 is 0 Å². The molecule has 0 fully saturated rings. The Morgan fingerprint density at radius 1 is 1.13 bits per heavy atom. The molecule has 3 N–H and O–H groups in total. The number of tetrazole rings is 1. The summed E-state index contributed by atoms with van der Waals surface area (Å²) in [6.07, 6.45) is 2.73. The van der Waals surface area contributed by atoms with Crippen LogP contribution in [0.4, 0.5) is 0 Å². The van der Waals surface area contributed by atoms with E-state index in [2.05, 4.69) is 41.2 Å². The van der Waals surface area contributed by atoms with E-state index in [0.29, 0.717) is 16.9 Å². The van der Waals surface area contributed by atoms with Crippen molar-refractivity contribution < 1.29 is 14.0 Å². The summed E-state index contributed by atoms with van der Waals surface area (Å²) < 4.78 is 6.53. The third-order valence-electron chi connectivity index (χ3n) is 7.03. The summed E-state index contributed by atoms with van der Waals surface area (Å²) in [4.78, 5) is 45.6. The molecule has 0 aliphatic heterocycles. The van der Waals surface area contributed by atoms with Crippen molar-refractivity contribution in [1.82, 2.24) is 45.8 Å². The predicted molar refractivity (Wildman–Crippen MR) is 138 cm³/mol. The van der Waals surface area contributed by atoms with Crippen LogP contribution in [0, 0.1) is 6.92 Å². The Morgan fingerprint density at radius 2 is 1.95 bits per heavy atom. The average molecular weight is 526 g/mol. The van der Waals surface area contributed by atoms with Crippen LogP contribution in [0.3, 0.4) is 0 Å². The second-order valence-electron chi connectivity index (χ2n) is 9.31. The number of aromatic nitrogens is 7. The second kappa shape index (κ2) is 9.59. The number of fused-ring (bicyclic) bond motifs is 2. The minimum absolute atomic E-state index is 0.0689. The first kappa shape index (κ1) is 24.2. The molecule has 2 amide bonds. The molecule has 13 nitrogen and oxygen atoms in total. The number of carbonyl (C=O) groups is 2. The SMILES string of the molecule is Cc1c(-c2nn[nH]n2)ccc2c1CC[C@@H]2NC(=O)c1cc(C(=O)NCc2ccc3oc(=O)n(C)c3c2)ncn1. The van der Waals surface area contributed by atoms with E-state index in [-0.39, 0.29) is 24.0 Å². The lowest BCUT2D eigenvalue weighted by atomic mass is 9.97. The smallest absolute Gasteiger partial charge is 0.408 e. The van der Waals surface area contributed by atoms with Gasteiger partial charge in [-0.1, -0.05) is 18.2 Å². The van der Waals surface area contributed by atoms with Crippen LogP contribution < -0.4 is 16.4 Å². The minimum atomic E-state index is -0.456. The Kier molecular flexibility index (Phi) is 5.94. The molecule has 0 spiro atoms. The fourth-order valence-electron chi connectivity index (χ4n) is 4.94. The number of benzene rings is 2. The number of oxazole rings is 1. The largest absolute Gasteiger partial charge is 0.419 e. The van der Waals surface area contributed by atoms with Crippen molar-refractivity contribution in [2.24, 2.45) is 7.05 Å². The number of aryl methyl sites for hydroxylation is 1. The van der Waals surface area contributed by atoms with Crippen molar-refractivity contribution in [2.75, 3.05) is 0 Å². The van der Waals surface area contributed by atoms with E-state index in [1.165, 1.54) is 17.0 Å². The molecule has 1 aliphatic rings. The molecule has 1 aliphatic carbocycles. The van der Waals surface area contributed by atoms with Crippen LogP contribution in [0.5, 0.6) is 0 Å². The molecule has 0 bridgehead atoms. The molecule has 0 radical (unpaired) electrons. The Balaban J connectivity index is 1.13. The molecule has 5 aromatic rings. The van der Waals surface area contributed by atoms with Gasteiger partial charge in [0.15, 0.2) is 5.58 Å². The van der Waals surface area contributed by atoms with E-state index in [1.54, 1.807) is 25.2 Å². The van der Waals surface area contributed by atoms with Crippen molar-refractivity contribution in [3.05, 3.63) is 86.9 Å². The number of amides is 2. The normalized spacial score (nSPS) is 14.4. The third kappa shape index (κ3) is 4.43. The molecule has 13 heteroatoms. The molecule has 0 unspecified atom stereocenters. The maximum Gasteiger partial charge on any atom is 0.419 e. The maximum atomic E-state index is 13.1. The topological polar surface area (TPSA) is 174 Å². The van der Waals surface area contributed by atoms with Crippen LogP contribution in [0.25, 0.3) is 22.5 Å². The van der Waals surface area contributed by atoms with E-state index >= 15 is 0 Å². The van der Waals surface area contributed by atoms with Crippen LogP contribution in [0.2, 0.25) is 0 Å². The van der Waals surface area contributed by atoms with Gasteiger partial charge in [0.25, 0.3) is 11.8 Å². The van der Waals surface area contributed by atoms with Gasteiger partial charge in [0.2, 0.25) is 5.82 Å². The highest BCUT2D eigenvalue weighted by molar-refractivity contribution is 5.97. The van der Waals surface area contributed by atoms with Crippen molar-refractivity contribution in [3.8, 4) is 11.4 Å². The Bertz CT molecular complexity index is 1790. The Hall–Kier alpha value is -5.20. The van der Waals surface area contributed by atoms with Crippen LogP contribution in [-0.4, -0.2) is 47.0 Å². The first-order valence-electron chi connectivity index (χ1n) is 12.2. The highest BCUT2D eigenvalue weighted by Gasteiger charge is 2.28. The molecular formula is C26H23N9O4. The fourth-order valence-corrected chi connectivity index (χ4v) is 4.94. The molecule has 0 saturated carbocycles. The van der Waals surface area contributed by atoms with Gasteiger partial charge in [-0.15, -0.1) is 10.2 Å². The third-order valence-corrected chi connectivity index (χ3v) is 7.03. The molecule has 2 aromatic carbocycles. The molecule has 196 valence electrons. The van der Waals surface area contributed by atoms with Crippen LogP contribution in [0.15, 0.2) is 51.9 Å². The van der Waals surface area contributed by atoms with Gasteiger partial charge in [-0.05, 0) is 59.4 Å². The molecular weight excluding hydrogens is 502 g/mol. The number of rotatable bonds is 6. The summed E-state index contributed by atoms with van der Waals surface area (Å²) in [6.45, 7) is 2.21. The van der Waals surface area contributed by atoms with Gasteiger partial charge in [-0.25, -0.2) is 14.8 Å². The zero-order valence-corrected chi connectivity index (χ0v) is 21.1. The summed E-state index contributed by atoms with van der Waals surface area (Å²) in [7, 11) is 1.61. The molecule has 1 atom stereocenters. The van der Waals surface area contributed by atoms with Gasteiger partial charge in [0, 0.05) is 25.2 Å². The lowest BCUT2D eigenvalue weighted by molar-refractivity contribution is 0.0931. The van der Waals surface area contributed by atoms with Gasteiger partial charge < -0.3 is 15.1 Å². The van der Waals surface area contributed by atoms with Gasteiger partial charge >= 0.3 is 5.76 Å². The minimum Gasteiger partial charge on any atom is -0.408 e. The number of hydrogen-bond donors (Lipinski definition) is 3. The monoisotopic (exact) mass is 525 g/mol. The van der Waals surface area contributed by atoms with E-state index < -0.39 is 17.6 Å². The standard InChI is InChI=1S/C26H23N9O4/c1-13-15-6-7-18(17(15)5-4-16(13)23-31-33-34-32-23)30-25(37)20-10-19(28-12-29-20)24(36)27-11-14-3-8-22-21(9-14)35(2)26(38)39-22/h3-5,8-10,12,18H,6-7,11H2,1-2H3,(H,27,36)(H,30,37)(H,31,32,33,34)/t18-/m0/s1. The number of aromatic amines is 1. The Morgan fingerprint density at radius 3 is 2.74 bits per heavy atom. The second-order valence-corrected chi connectivity index (χ2v) is 9.31. The van der Waals surface area contributed by atoms with E-state index in [0.717, 1.165) is 40.7 Å². The zero-order valence-electron chi connectivity index (χ0n) is 21.1. The number of H-pyrrole nitrogens is 1. The average Bonchev–Trinajstić information content (AvgIpc) is 3.68. The highest BCUT2D eigenvalue weighted by Crippen LogP contribution is 2.36. The quantitative estimate of drug-likeness (QED) is 0.298. The molecule has 3 aromatic heterocycles. The van der Waals surface area contributed by atoms with E-state index in [4.69, 9.17) is 4.42 Å². The van der Waals surface area contributed by atoms with Crippen LogP contribution in [0.1, 0.15) is 55.7 Å². The molecule has 3 heterocycles. The summed E-state index contributed by atoms with van der Waals surface area (Å²) >= 11 is 0. The molecule has 6 rings (SSSR count). The number of nitrogens with one attached hydrogen (secondary N) is 3. The summed E-state index contributed by atoms with van der Waals surface area (Å²) in [5.41, 5.74) is 6.18. The van der Waals surface area contributed by atoms with Crippen molar-refractivity contribution in [3.63, 3.8) is 0 Å². The molecule has 39 heavy (non-hydrogen) atoms.